The molecule has 0 aromatic heterocycles. The van der Waals surface area contributed by atoms with E-state index < -0.39 is 0 Å². The number of rotatable bonds is 16. The summed E-state index contributed by atoms with van der Waals surface area (Å²) in [5, 5.41) is 0. The van der Waals surface area contributed by atoms with Crippen LogP contribution in [-0.2, 0) is 0 Å². The summed E-state index contributed by atoms with van der Waals surface area (Å²) in [6, 6.07) is 0. The molecule has 0 N–H and O–H groups in total. The first-order valence-corrected chi connectivity index (χ1v) is 16.3. The van der Waals surface area contributed by atoms with Crippen molar-refractivity contribution < 1.29 is 4.39 Å². The van der Waals surface area contributed by atoms with Gasteiger partial charge >= 0.3 is 0 Å². The maximum atomic E-state index is 12.3. The van der Waals surface area contributed by atoms with E-state index in [0.717, 1.165) is 41.9 Å². The fourth-order valence-electron chi connectivity index (χ4n) is 8.16. The fourth-order valence-corrected chi connectivity index (χ4v) is 8.16. The fraction of sp³-hybridized carbons (Fsp3) is 1.00. The Morgan fingerprint density at radius 3 is 1.62 bits per heavy atom. The lowest BCUT2D eigenvalue weighted by Gasteiger charge is -2.40. The molecule has 0 unspecified atom stereocenters. The van der Waals surface area contributed by atoms with Crippen LogP contribution < -0.4 is 0 Å². The van der Waals surface area contributed by atoms with Gasteiger partial charge in [-0.2, -0.15) is 0 Å². The minimum atomic E-state index is -0.117. The monoisotopic (exact) mass is 476 g/mol. The van der Waals surface area contributed by atoms with Gasteiger partial charge in [-0.15, -0.1) is 0 Å². The number of halogens is 1. The highest BCUT2D eigenvalue weighted by Crippen LogP contribution is 2.47. The van der Waals surface area contributed by atoms with E-state index in [1.54, 1.807) is 44.9 Å². The van der Waals surface area contributed by atoms with Crippen molar-refractivity contribution in [3.05, 3.63) is 0 Å². The second-order valence-electron chi connectivity index (χ2n) is 13.3. The Balaban J connectivity index is 1.26. The predicted octanol–water partition coefficient (Wildman–Crippen LogP) is 11.6. The number of hydrogen-bond acceptors (Lipinski definition) is 0. The van der Waals surface area contributed by atoms with E-state index in [4.69, 9.17) is 0 Å². The molecule has 0 nitrogen and oxygen atoms in total. The summed E-state index contributed by atoms with van der Waals surface area (Å²) in [7, 11) is 0. The van der Waals surface area contributed by atoms with E-state index in [-0.39, 0.29) is 6.67 Å². The standard InChI is InChI=1S/C33H61F/c1-2-3-4-8-24-33(25-9-6-10-26-33)27-23-32-21-19-31(20-22-32)18-17-30-15-13-29(14-16-30)12-7-5-11-28-34/h29-32H,2-28H2,1H3. The van der Waals surface area contributed by atoms with Crippen LogP contribution in [0.2, 0.25) is 0 Å². The molecule has 0 amide bonds. The lowest BCUT2D eigenvalue weighted by molar-refractivity contribution is 0.127. The third-order valence-electron chi connectivity index (χ3n) is 10.7. The van der Waals surface area contributed by atoms with Crippen LogP contribution in [0.15, 0.2) is 0 Å². The Morgan fingerprint density at radius 2 is 1.06 bits per heavy atom. The van der Waals surface area contributed by atoms with Crippen molar-refractivity contribution in [2.45, 2.75) is 174 Å². The molecule has 0 bridgehead atoms. The summed E-state index contributed by atoms with van der Waals surface area (Å²) in [5.74, 6) is 4.09. The van der Waals surface area contributed by atoms with E-state index in [0.29, 0.717) is 0 Å². The van der Waals surface area contributed by atoms with Crippen molar-refractivity contribution in [2.75, 3.05) is 6.67 Å². The molecule has 1 heteroatoms. The van der Waals surface area contributed by atoms with Crippen LogP contribution in [0.4, 0.5) is 4.39 Å². The van der Waals surface area contributed by atoms with Crippen molar-refractivity contribution >= 4 is 0 Å². The van der Waals surface area contributed by atoms with Gasteiger partial charge in [0.2, 0.25) is 0 Å². The van der Waals surface area contributed by atoms with E-state index in [1.807, 2.05) is 0 Å². The maximum Gasteiger partial charge on any atom is 0.0894 e. The zero-order valence-corrected chi connectivity index (χ0v) is 23.3. The minimum absolute atomic E-state index is 0.117. The molecule has 200 valence electrons. The Labute approximate surface area is 214 Å². The molecule has 3 saturated carbocycles. The highest BCUT2D eigenvalue weighted by molar-refractivity contribution is 4.85. The predicted molar refractivity (Wildman–Crippen MR) is 148 cm³/mol. The molecule has 3 rings (SSSR count). The van der Waals surface area contributed by atoms with Crippen LogP contribution >= 0.6 is 0 Å². The SMILES string of the molecule is CCCCCCC1(CCC2CCC(CCC3CCC(CCCCCF)CC3)CC2)CCCCC1. The smallest absolute Gasteiger partial charge is 0.0894 e. The second-order valence-corrected chi connectivity index (χ2v) is 13.3. The summed E-state index contributed by atoms with van der Waals surface area (Å²) in [4.78, 5) is 0. The van der Waals surface area contributed by atoms with Gasteiger partial charge in [0.05, 0.1) is 6.67 Å². The molecule has 0 aliphatic heterocycles. The molecule has 34 heavy (non-hydrogen) atoms. The van der Waals surface area contributed by atoms with Gasteiger partial charge in [-0.25, -0.2) is 0 Å². The summed E-state index contributed by atoms with van der Waals surface area (Å²) in [5.41, 5.74) is 0.745. The normalized spacial score (nSPS) is 29.8. The molecule has 0 aromatic rings. The highest BCUT2D eigenvalue weighted by Gasteiger charge is 2.32. The maximum absolute atomic E-state index is 12.3. The second kappa shape index (κ2) is 16.6. The van der Waals surface area contributed by atoms with Crippen molar-refractivity contribution in [1.82, 2.24) is 0 Å². The molecule has 3 aliphatic rings. The number of alkyl halides is 1. The summed E-state index contributed by atoms with van der Waals surface area (Å²) < 4.78 is 12.3. The summed E-state index contributed by atoms with van der Waals surface area (Å²) in [6.45, 7) is 2.23. The van der Waals surface area contributed by atoms with Gasteiger partial charge in [0.25, 0.3) is 0 Å². The quantitative estimate of drug-likeness (QED) is 0.194. The van der Waals surface area contributed by atoms with Gasteiger partial charge in [-0.1, -0.05) is 135 Å². The first-order chi connectivity index (χ1) is 16.7. The van der Waals surface area contributed by atoms with Crippen molar-refractivity contribution in [1.29, 1.82) is 0 Å². The van der Waals surface area contributed by atoms with Crippen LogP contribution in [0.1, 0.15) is 174 Å². The van der Waals surface area contributed by atoms with Crippen LogP contribution in [0, 0.1) is 29.1 Å². The lowest BCUT2D eigenvalue weighted by atomic mass is 9.66. The molecule has 3 aliphatic carbocycles. The average Bonchev–Trinajstić information content (AvgIpc) is 2.89. The van der Waals surface area contributed by atoms with E-state index in [9.17, 15) is 4.39 Å². The van der Waals surface area contributed by atoms with Crippen LogP contribution in [0.3, 0.4) is 0 Å². The molecule has 0 aromatic carbocycles. The van der Waals surface area contributed by atoms with Crippen LogP contribution in [0.5, 0.6) is 0 Å². The highest BCUT2D eigenvalue weighted by atomic mass is 19.1. The van der Waals surface area contributed by atoms with Gasteiger partial charge in [-0.3, -0.25) is 4.39 Å². The number of unbranched alkanes of at least 4 members (excludes halogenated alkanes) is 5. The van der Waals surface area contributed by atoms with E-state index in [2.05, 4.69) is 6.92 Å². The average molecular weight is 477 g/mol. The Kier molecular flexibility index (Phi) is 13.9. The topological polar surface area (TPSA) is 0 Å². The molecule has 0 saturated heterocycles. The van der Waals surface area contributed by atoms with Crippen LogP contribution in [0.25, 0.3) is 0 Å². The lowest BCUT2D eigenvalue weighted by Crippen LogP contribution is -2.26. The zero-order chi connectivity index (χ0) is 23.9. The molecule has 0 atom stereocenters. The van der Waals surface area contributed by atoms with Crippen molar-refractivity contribution in [2.24, 2.45) is 29.1 Å². The molecule has 0 radical (unpaired) electrons. The first-order valence-electron chi connectivity index (χ1n) is 16.3. The van der Waals surface area contributed by atoms with E-state index in [1.165, 1.54) is 109 Å². The minimum Gasteiger partial charge on any atom is -0.251 e. The number of hydrogen-bond donors (Lipinski definition) is 0. The van der Waals surface area contributed by atoms with E-state index >= 15 is 0 Å². The third kappa shape index (κ3) is 10.5. The summed E-state index contributed by atoms with van der Waals surface area (Å²) >= 11 is 0. The van der Waals surface area contributed by atoms with Crippen molar-refractivity contribution in [3.63, 3.8) is 0 Å². The Bertz CT molecular complexity index is 477. The van der Waals surface area contributed by atoms with Gasteiger partial charge in [-0.05, 0) is 67.6 Å². The largest absolute Gasteiger partial charge is 0.251 e. The van der Waals surface area contributed by atoms with Gasteiger partial charge in [0.15, 0.2) is 0 Å². The molecular weight excluding hydrogens is 415 g/mol. The van der Waals surface area contributed by atoms with Gasteiger partial charge in [0.1, 0.15) is 0 Å². The van der Waals surface area contributed by atoms with Gasteiger partial charge in [0, 0.05) is 0 Å². The molecular formula is C33H61F. The van der Waals surface area contributed by atoms with Gasteiger partial charge < -0.3 is 0 Å². The molecule has 3 fully saturated rings. The summed E-state index contributed by atoms with van der Waals surface area (Å²) in [6.07, 6.45) is 37.8. The first kappa shape index (κ1) is 28.5. The molecule has 0 spiro atoms. The molecule has 0 heterocycles. The van der Waals surface area contributed by atoms with Crippen molar-refractivity contribution in [3.8, 4) is 0 Å². The van der Waals surface area contributed by atoms with Crippen LogP contribution in [-0.4, -0.2) is 6.67 Å². The Morgan fingerprint density at radius 1 is 0.529 bits per heavy atom. The Hall–Kier alpha value is -0.0700. The third-order valence-corrected chi connectivity index (χ3v) is 10.7. The zero-order valence-electron chi connectivity index (χ0n) is 23.3.